The third-order valence-electron chi connectivity index (χ3n) is 3.10. The van der Waals surface area contributed by atoms with E-state index >= 15 is 0 Å². The highest BCUT2D eigenvalue weighted by molar-refractivity contribution is 6.08. The summed E-state index contributed by atoms with van der Waals surface area (Å²) in [5.74, 6) is -0.0620. The molecule has 1 amide bonds. The molecule has 0 spiro atoms. The lowest BCUT2D eigenvalue weighted by Gasteiger charge is -2.22. The van der Waals surface area contributed by atoms with Crippen molar-refractivity contribution in [1.82, 2.24) is 0 Å². The van der Waals surface area contributed by atoms with Gasteiger partial charge in [0.1, 0.15) is 0 Å². The molecule has 0 saturated heterocycles. The van der Waals surface area contributed by atoms with Crippen molar-refractivity contribution < 1.29 is 4.79 Å². The highest BCUT2D eigenvalue weighted by Gasteiger charge is 2.17. The zero-order valence-electron chi connectivity index (χ0n) is 11.3. The molecule has 0 aliphatic heterocycles. The summed E-state index contributed by atoms with van der Waals surface area (Å²) in [6.07, 6.45) is 1.57. The van der Waals surface area contributed by atoms with Crippen molar-refractivity contribution in [2.24, 2.45) is 0 Å². The average Bonchev–Trinajstić information content (AvgIpc) is 2.43. The van der Waals surface area contributed by atoms with E-state index in [1.165, 1.54) is 0 Å². The van der Waals surface area contributed by atoms with E-state index in [2.05, 4.69) is 6.58 Å². The van der Waals surface area contributed by atoms with Gasteiger partial charge in [-0.15, -0.1) is 0 Å². The fraction of sp³-hybridized carbons (Fsp3) is 0.118. The van der Waals surface area contributed by atoms with Gasteiger partial charge in [-0.25, -0.2) is 0 Å². The summed E-state index contributed by atoms with van der Waals surface area (Å²) in [5.41, 5.74) is 3.68. The molecule has 0 aliphatic carbocycles. The molecule has 0 aliphatic rings. The van der Waals surface area contributed by atoms with Crippen molar-refractivity contribution >= 4 is 11.6 Å². The molecule has 0 unspecified atom stereocenters. The number of benzene rings is 2. The third kappa shape index (κ3) is 2.58. The lowest BCUT2D eigenvalue weighted by Crippen LogP contribution is -2.26. The number of carbonyl (C=O) groups excluding carboxylic acids is 1. The molecule has 0 atom stereocenters. The highest BCUT2D eigenvalue weighted by Crippen LogP contribution is 2.26. The van der Waals surface area contributed by atoms with E-state index in [9.17, 15) is 4.79 Å². The minimum atomic E-state index is -0.0620. The Morgan fingerprint density at radius 1 is 1.00 bits per heavy atom. The maximum Gasteiger partial charge on any atom is 0.262 e. The van der Waals surface area contributed by atoms with Crippen LogP contribution < -0.4 is 4.90 Å². The summed E-state index contributed by atoms with van der Waals surface area (Å²) in [5, 5.41) is 0. The Labute approximate surface area is 114 Å². The van der Waals surface area contributed by atoms with Crippen molar-refractivity contribution in [3.05, 3.63) is 78.0 Å². The molecular formula is C17H17NO. The first-order valence-electron chi connectivity index (χ1n) is 6.22. The van der Waals surface area contributed by atoms with Gasteiger partial charge in [-0.3, -0.25) is 9.69 Å². The van der Waals surface area contributed by atoms with E-state index in [0.717, 1.165) is 16.8 Å². The van der Waals surface area contributed by atoms with Crippen molar-refractivity contribution in [2.75, 3.05) is 4.90 Å². The lowest BCUT2D eigenvalue weighted by atomic mass is 10.1. The van der Waals surface area contributed by atoms with Crippen LogP contribution in [-0.4, -0.2) is 5.91 Å². The van der Waals surface area contributed by atoms with Crippen LogP contribution in [0.25, 0.3) is 0 Å². The van der Waals surface area contributed by atoms with Gasteiger partial charge in [-0.05, 0) is 37.1 Å². The summed E-state index contributed by atoms with van der Waals surface area (Å²) in [6, 6.07) is 15.2. The second-order valence-corrected chi connectivity index (χ2v) is 4.46. The van der Waals surface area contributed by atoms with Crippen molar-refractivity contribution in [3.63, 3.8) is 0 Å². The molecule has 19 heavy (non-hydrogen) atoms. The number of hydrogen-bond acceptors (Lipinski definition) is 1. The molecule has 0 bridgehead atoms. The first kappa shape index (κ1) is 13.1. The van der Waals surface area contributed by atoms with E-state index in [4.69, 9.17) is 0 Å². The molecule has 0 N–H and O–H groups in total. The number of carbonyl (C=O) groups is 1. The maximum absolute atomic E-state index is 12.5. The van der Waals surface area contributed by atoms with Gasteiger partial charge in [0.25, 0.3) is 5.91 Å². The summed E-state index contributed by atoms with van der Waals surface area (Å²) in [4.78, 5) is 14.1. The number of nitrogens with zero attached hydrogens (tertiary/aromatic N) is 1. The summed E-state index contributed by atoms with van der Waals surface area (Å²) >= 11 is 0. The smallest absolute Gasteiger partial charge is 0.262 e. The van der Waals surface area contributed by atoms with Gasteiger partial charge in [-0.1, -0.05) is 43.0 Å². The standard InChI is InChI=1S/C17H17NO/c1-4-18(16-13(2)9-8-10-14(16)3)17(19)15-11-6-5-7-12-15/h4-12H,1H2,2-3H3. The summed E-state index contributed by atoms with van der Waals surface area (Å²) in [7, 11) is 0. The van der Waals surface area contributed by atoms with E-state index in [0.29, 0.717) is 5.56 Å². The van der Waals surface area contributed by atoms with Crippen molar-refractivity contribution in [2.45, 2.75) is 13.8 Å². The molecule has 2 nitrogen and oxygen atoms in total. The molecule has 2 aromatic rings. The minimum Gasteiger partial charge on any atom is -0.284 e. The van der Waals surface area contributed by atoms with Gasteiger partial charge in [0, 0.05) is 11.8 Å². The molecule has 0 fully saturated rings. The van der Waals surface area contributed by atoms with E-state index in [1.807, 2.05) is 62.4 Å². The largest absolute Gasteiger partial charge is 0.284 e. The Bertz CT molecular complexity index is 582. The quantitative estimate of drug-likeness (QED) is 0.804. The first-order valence-corrected chi connectivity index (χ1v) is 6.22. The van der Waals surface area contributed by atoms with Crippen LogP contribution in [0.3, 0.4) is 0 Å². The number of para-hydroxylation sites is 1. The fourth-order valence-corrected chi connectivity index (χ4v) is 2.18. The Morgan fingerprint density at radius 3 is 2.11 bits per heavy atom. The SMILES string of the molecule is C=CN(C(=O)c1ccccc1)c1c(C)cccc1C. The molecule has 0 heterocycles. The second-order valence-electron chi connectivity index (χ2n) is 4.46. The van der Waals surface area contributed by atoms with Crippen LogP contribution in [0.1, 0.15) is 21.5 Å². The van der Waals surface area contributed by atoms with E-state index in [1.54, 1.807) is 11.1 Å². The van der Waals surface area contributed by atoms with Crippen molar-refractivity contribution in [3.8, 4) is 0 Å². The van der Waals surface area contributed by atoms with Gasteiger partial charge >= 0.3 is 0 Å². The van der Waals surface area contributed by atoms with Crippen LogP contribution in [0.4, 0.5) is 5.69 Å². The van der Waals surface area contributed by atoms with E-state index < -0.39 is 0 Å². The first-order chi connectivity index (χ1) is 9.15. The second kappa shape index (κ2) is 5.53. The fourth-order valence-electron chi connectivity index (χ4n) is 2.18. The van der Waals surface area contributed by atoms with Crippen LogP contribution in [0.2, 0.25) is 0 Å². The molecule has 0 saturated carbocycles. The van der Waals surface area contributed by atoms with Crippen molar-refractivity contribution in [1.29, 1.82) is 0 Å². The monoisotopic (exact) mass is 251 g/mol. The van der Waals surface area contributed by atoms with Crippen LogP contribution in [0.15, 0.2) is 61.3 Å². The van der Waals surface area contributed by atoms with Gasteiger partial charge in [0.15, 0.2) is 0 Å². The molecular weight excluding hydrogens is 234 g/mol. The van der Waals surface area contributed by atoms with Gasteiger partial charge in [0.2, 0.25) is 0 Å². The Kier molecular flexibility index (Phi) is 3.81. The predicted molar refractivity (Wildman–Crippen MR) is 79.4 cm³/mol. The summed E-state index contributed by atoms with van der Waals surface area (Å²) in [6.45, 7) is 7.77. The molecule has 2 aromatic carbocycles. The number of rotatable bonds is 3. The van der Waals surface area contributed by atoms with Crippen LogP contribution in [-0.2, 0) is 0 Å². The van der Waals surface area contributed by atoms with Gasteiger partial charge in [0.05, 0.1) is 5.69 Å². The average molecular weight is 251 g/mol. The predicted octanol–water partition coefficient (Wildman–Crippen LogP) is 4.09. The number of amides is 1. The summed E-state index contributed by atoms with van der Waals surface area (Å²) < 4.78 is 0. The Balaban J connectivity index is 2.46. The maximum atomic E-state index is 12.5. The molecule has 2 heteroatoms. The van der Waals surface area contributed by atoms with Crippen LogP contribution in [0.5, 0.6) is 0 Å². The molecule has 96 valence electrons. The number of anilines is 1. The lowest BCUT2D eigenvalue weighted by molar-refractivity contribution is 0.0997. The number of aryl methyl sites for hydroxylation is 2. The van der Waals surface area contributed by atoms with E-state index in [-0.39, 0.29) is 5.91 Å². The minimum absolute atomic E-state index is 0.0620. The molecule has 0 radical (unpaired) electrons. The van der Waals surface area contributed by atoms with Crippen LogP contribution in [0, 0.1) is 13.8 Å². The Morgan fingerprint density at radius 2 is 1.58 bits per heavy atom. The zero-order chi connectivity index (χ0) is 13.8. The normalized spacial score (nSPS) is 10.0. The van der Waals surface area contributed by atoms with Gasteiger partial charge in [-0.2, -0.15) is 0 Å². The zero-order valence-corrected chi connectivity index (χ0v) is 11.3. The Hall–Kier alpha value is -2.35. The molecule has 0 aromatic heterocycles. The third-order valence-corrected chi connectivity index (χ3v) is 3.10. The topological polar surface area (TPSA) is 20.3 Å². The highest BCUT2D eigenvalue weighted by atomic mass is 16.2. The van der Waals surface area contributed by atoms with Crippen LogP contribution >= 0.6 is 0 Å². The van der Waals surface area contributed by atoms with Gasteiger partial charge < -0.3 is 0 Å². The number of hydrogen-bond donors (Lipinski definition) is 0. The molecule has 2 rings (SSSR count).